The van der Waals surface area contributed by atoms with Gasteiger partial charge < -0.3 is 9.55 Å². The molecule has 232 valence electrons. The van der Waals surface area contributed by atoms with E-state index < -0.39 is 0 Å². The number of aromatic nitrogens is 2. The minimum atomic E-state index is 0.913. The summed E-state index contributed by atoms with van der Waals surface area (Å²) in [5.41, 5.74) is 14.6. The number of allylic oxidation sites excluding steroid dienone is 4. The number of aryl methyl sites for hydroxylation is 1. The van der Waals surface area contributed by atoms with Crippen LogP contribution in [-0.2, 0) is 7.05 Å². The molecule has 8 bridgehead atoms. The predicted molar refractivity (Wildman–Crippen MR) is 201 cm³/mol. The Hall–Kier alpha value is -6.52. The van der Waals surface area contributed by atoms with Gasteiger partial charge in [-0.25, -0.2) is 9.98 Å². The summed E-state index contributed by atoms with van der Waals surface area (Å²) in [6, 6.07) is 48.9. The number of fused-ring (bicyclic) bond motifs is 6. The van der Waals surface area contributed by atoms with E-state index in [0.29, 0.717) is 0 Å². The Morgan fingerprint density at radius 3 is 1.31 bits per heavy atom. The molecule has 0 saturated heterocycles. The molecule has 6 aromatic rings. The summed E-state index contributed by atoms with van der Waals surface area (Å²) < 4.78 is 2.22. The van der Waals surface area contributed by atoms with Crippen LogP contribution in [0.15, 0.2) is 191 Å². The van der Waals surface area contributed by atoms with E-state index in [9.17, 15) is 0 Å². The third-order valence-corrected chi connectivity index (χ3v) is 9.33. The van der Waals surface area contributed by atoms with Crippen molar-refractivity contribution in [3.63, 3.8) is 0 Å². The van der Waals surface area contributed by atoms with E-state index >= 15 is 0 Å². The number of H-pyrrole nitrogens is 1. The lowest BCUT2D eigenvalue weighted by Gasteiger charge is -2.12. The second kappa shape index (κ2) is 11.9. The van der Waals surface area contributed by atoms with Crippen LogP contribution in [0.4, 0.5) is 0 Å². The molecule has 0 spiro atoms. The molecule has 0 aliphatic carbocycles. The molecule has 0 fully saturated rings. The molecule has 5 heterocycles. The van der Waals surface area contributed by atoms with E-state index in [1.807, 2.05) is 0 Å². The number of hydrogen-bond donors (Lipinski definition) is 1. The van der Waals surface area contributed by atoms with Crippen molar-refractivity contribution < 1.29 is 0 Å². The monoisotopic (exact) mass is 628 g/mol. The summed E-state index contributed by atoms with van der Waals surface area (Å²) in [7, 11) is 2.12. The number of aromatic amines is 1. The minimum Gasteiger partial charge on any atom is -0.354 e. The second-order valence-corrected chi connectivity index (χ2v) is 12.4. The number of hydrogen-bond acceptors (Lipinski definition) is 2. The maximum absolute atomic E-state index is 5.40. The van der Waals surface area contributed by atoms with E-state index in [2.05, 4.69) is 187 Å². The standard InChI is InChI=1S/C45H32N4/c1-49-29-34-28-41(49)45(33-20-12-5-13-21-33)40-27-26-39(48-40)44(32-18-10-4-11-19-32)38-25-24-37(47-38)43(31-16-8-3-9-17-31)36-23-22-35(46-36)42(34)30-14-6-2-7-15-30/h2-29,47H,1H3/b42-35-,43-37-,44-38-,45-40-. The van der Waals surface area contributed by atoms with Crippen molar-refractivity contribution >= 4 is 33.7 Å². The first-order chi connectivity index (χ1) is 24.2. The first-order valence-corrected chi connectivity index (χ1v) is 16.6. The maximum Gasteiger partial charge on any atom is 0.0737 e. The molecule has 0 saturated carbocycles. The quantitative estimate of drug-likeness (QED) is 0.206. The highest BCUT2D eigenvalue weighted by atomic mass is 14.9. The fourth-order valence-corrected chi connectivity index (χ4v) is 7.11. The molecule has 4 nitrogen and oxygen atoms in total. The van der Waals surface area contributed by atoms with Gasteiger partial charge in [0.05, 0.1) is 28.5 Å². The van der Waals surface area contributed by atoms with E-state index in [0.717, 1.165) is 89.3 Å². The highest BCUT2D eigenvalue weighted by Gasteiger charge is 2.24. The number of aliphatic imine (C=N–C) groups is 2. The highest BCUT2D eigenvalue weighted by molar-refractivity contribution is 6.31. The summed E-state index contributed by atoms with van der Waals surface area (Å²) in [5, 5.41) is 2.00. The molecule has 3 aliphatic rings. The maximum atomic E-state index is 5.40. The van der Waals surface area contributed by atoms with E-state index in [1.165, 1.54) is 0 Å². The molecule has 49 heavy (non-hydrogen) atoms. The third-order valence-electron chi connectivity index (χ3n) is 9.33. The SMILES string of the molecule is Cn1cc2cc1/C(c1ccccc1)=C1/C=CC(=N1)/C(c1ccccc1)=c1/cc/c([nH]1)=C(\c1ccccc1)C1=N/C(=C\2c2ccccc2)C=C1. The molecule has 4 heteroatoms. The Bertz CT molecular complexity index is 2550. The molecule has 0 amide bonds. The molecule has 0 radical (unpaired) electrons. The van der Waals surface area contributed by atoms with Crippen LogP contribution in [0.25, 0.3) is 22.3 Å². The molecule has 0 unspecified atom stereocenters. The zero-order chi connectivity index (χ0) is 32.7. The summed E-state index contributed by atoms with van der Waals surface area (Å²) in [4.78, 5) is 14.6. The van der Waals surface area contributed by atoms with Crippen LogP contribution in [0.5, 0.6) is 0 Å². The van der Waals surface area contributed by atoms with Crippen LogP contribution < -0.4 is 10.7 Å². The molecule has 0 atom stereocenters. The lowest BCUT2D eigenvalue weighted by Crippen LogP contribution is -2.21. The van der Waals surface area contributed by atoms with Crippen LogP contribution >= 0.6 is 0 Å². The first-order valence-electron chi connectivity index (χ1n) is 16.6. The van der Waals surface area contributed by atoms with Gasteiger partial charge in [-0.3, -0.25) is 0 Å². The number of nitrogens with one attached hydrogen (secondary N) is 1. The van der Waals surface area contributed by atoms with Crippen molar-refractivity contribution in [2.24, 2.45) is 17.0 Å². The Kier molecular flexibility index (Phi) is 6.98. The van der Waals surface area contributed by atoms with Gasteiger partial charge in [0, 0.05) is 51.8 Å². The number of nitrogens with zero attached hydrogens (tertiary/aromatic N) is 3. The fraction of sp³-hybridized carbons (Fsp3) is 0.0222. The van der Waals surface area contributed by atoms with E-state index in [-0.39, 0.29) is 0 Å². The van der Waals surface area contributed by atoms with Crippen molar-refractivity contribution in [1.29, 1.82) is 0 Å². The zero-order valence-corrected chi connectivity index (χ0v) is 27.0. The van der Waals surface area contributed by atoms with Gasteiger partial charge >= 0.3 is 0 Å². The minimum absolute atomic E-state index is 0.913. The van der Waals surface area contributed by atoms with Crippen LogP contribution in [0.2, 0.25) is 0 Å². The lowest BCUT2D eigenvalue weighted by atomic mass is 9.96. The molecule has 2 aromatic heterocycles. The molecule has 4 aromatic carbocycles. The van der Waals surface area contributed by atoms with Crippen LogP contribution in [0, 0.1) is 0 Å². The first kappa shape index (κ1) is 28.7. The summed E-state index contributed by atoms with van der Waals surface area (Å²) in [6.07, 6.45) is 10.8. The number of benzene rings is 4. The van der Waals surface area contributed by atoms with E-state index in [1.54, 1.807) is 0 Å². The average molecular weight is 629 g/mol. The normalized spacial score (nSPS) is 20.4. The largest absolute Gasteiger partial charge is 0.354 e. The van der Waals surface area contributed by atoms with Crippen molar-refractivity contribution in [3.8, 4) is 0 Å². The van der Waals surface area contributed by atoms with Crippen molar-refractivity contribution in [1.82, 2.24) is 9.55 Å². The van der Waals surface area contributed by atoms with E-state index in [4.69, 9.17) is 9.98 Å². The Balaban J connectivity index is 1.44. The summed E-state index contributed by atoms with van der Waals surface area (Å²) in [6.45, 7) is 0. The van der Waals surface area contributed by atoms with Gasteiger partial charge in [0.15, 0.2) is 0 Å². The van der Waals surface area contributed by atoms with Crippen molar-refractivity contribution in [2.45, 2.75) is 0 Å². The Morgan fingerprint density at radius 1 is 0.429 bits per heavy atom. The summed E-state index contributed by atoms with van der Waals surface area (Å²) in [5.74, 6) is 0. The molecule has 1 N–H and O–H groups in total. The van der Waals surface area contributed by atoms with Gasteiger partial charge in [0.25, 0.3) is 0 Å². The van der Waals surface area contributed by atoms with Gasteiger partial charge in [-0.15, -0.1) is 0 Å². The highest BCUT2D eigenvalue weighted by Crippen LogP contribution is 2.37. The zero-order valence-electron chi connectivity index (χ0n) is 27.0. The van der Waals surface area contributed by atoms with Crippen LogP contribution in [-0.4, -0.2) is 21.0 Å². The van der Waals surface area contributed by atoms with Gasteiger partial charge in [0.2, 0.25) is 0 Å². The van der Waals surface area contributed by atoms with Crippen molar-refractivity contribution in [3.05, 3.63) is 226 Å². The second-order valence-electron chi connectivity index (χ2n) is 12.4. The lowest BCUT2D eigenvalue weighted by molar-refractivity contribution is 0.907. The van der Waals surface area contributed by atoms with Gasteiger partial charge in [-0.05, 0) is 64.8 Å². The van der Waals surface area contributed by atoms with Crippen LogP contribution in [0.1, 0.15) is 33.5 Å². The van der Waals surface area contributed by atoms with Gasteiger partial charge in [-0.1, -0.05) is 121 Å². The number of rotatable bonds is 4. The molecule has 9 rings (SSSR count). The predicted octanol–water partition coefficient (Wildman–Crippen LogP) is 8.01. The third kappa shape index (κ3) is 5.11. The van der Waals surface area contributed by atoms with Crippen LogP contribution in [0.3, 0.4) is 0 Å². The van der Waals surface area contributed by atoms with Crippen molar-refractivity contribution in [2.75, 3.05) is 0 Å². The molecular formula is C45H32N4. The topological polar surface area (TPSA) is 45.4 Å². The fourth-order valence-electron chi connectivity index (χ4n) is 7.11. The molecule has 3 aliphatic heterocycles. The molecular weight excluding hydrogens is 597 g/mol. The summed E-state index contributed by atoms with van der Waals surface area (Å²) >= 11 is 0. The smallest absolute Gasteiger partial charge is 0.0737 e. The Morgan fingerprint density at radius 2 is 0.837 bits per heavy atom. The van der Waals surface area contributed by atoms with Gasteiger partial charge in [-0.2, -0.15) is 0 Å². The van der Waals surface area contributed by atoms with Gasteiger partial charge in [0.1, 0.15) is 0 Å². The average Bonchev–Trinajstić information content (AvgIpc) is 3.98. The Labute approximate surface area is 285 Å².